The van der Waals surface area contributed by atoms with Crippen molar-refractivity contribution in [2.75, 3.05) is 26.2 Å². The molecule has 1 aromatic carbocycles. The predicted octanol–water partition coefficient (Wildman–Crippen LogP) is 0.880. The van der Waals surface area contributed by atoms with E-state index >= 15 is 0 Å². The monoisotopic (exact) mass is 356 g/mol. The lowest BCUT2D eigenvalue weighted by atomic mass is 10.0. The van der Waals surface area contributed by atoms with Gasteiger partial charge in [0.05, 0.1) is 18.4 Å². The lowest BCUT2D eigenvalue weighted by Crippen LogP contribution is -2.24. The molecule has 1 amide bonds. The topological polar surface area (TPSA) is 102 Å². The van der Waals surface area contributed by atoms with Crippen LogP contribution in [0.4, 0.5) is 0 Å². The average Bonchev–Trinajstić information content (AvgIpc) is 2.99. The van der Waals surface area contributed by atoms with Crippen molar-refractivity contribution in [1.82, 2.24) is 14.9 Å². The van der Waals surface area contributed by atoms with E-state index in [1.54, 1.807) is 42.9 Å². The summed E-state index contributed by atoms with van der Waals surface area (Å²) in [5, 5.41) is 10.3. The molecule has 7 nitrogen and oxygen atoms in total. The van der Waals surface area contributed by atoms with Crippen LogP contribution >= 0.6 is 0 Å². The van der Waals surface area contributed by atoms with E-state index in [0.717, 1.165) is 37.4 Å². The zero-order valence-corrected chi connectivity index (χ0v) is 14.6. The van der Waals surface area contributed by atoms with Crippen molar-refractivity contribution in [1.29, 1.82) is 0 Å². The van der Waals surface area contributed by atoms with Crippen LogP contribution in [-0.2, 0) is 6.42 Å². The van der Waals surface area contributed by atoms with Gasteiger partial charge < -0.3 is 20.5 Å². The highest BCUT2D eigenvalue weighted by Crippen LogP contribution is 2.21. The Kier molecular flexibility index (Phi) is 6.14. The normalized spacial score (nSPS) is 20.2. The van der Waals surface area contributed by atoms with Crippen LogP contribution in [0.5, 0.6) is 5.75 Å². The van der Waals surface area contributed by atoms with Gasteiger partial charge in [-0.25, -0.2) is 0 Å². The quantitative estimate of drug-likeness (QED) is 0.681. The molecule has 2 heterocycles. The summed E-state index contributed by atoms with van der Waals surface area (Å²) in [5.41, 5.74) is 6.60. The molecule has 1 saturated heterocycles. The summed E-state index contributed by atoms with van der Waals surface area (Å²) >= 11 is 0. The summed E-state index contributed by atoms with van der Waals surface area (Å²) in [4.78, 5) is 21.7. The van der Waals surface area contributed by atoms with Crippen molar-refractivity contribution < 1.29 is 14.6 Å². The summed E-state index contributed by atoms with van der Waals surface area (Å²) < 4.78 is 5.69. The number of primary amides is 1. The fourth-order valence-electron chi connectivity index (χ4n) is 3.22. The number of likely N-dealkylation sites (tertiary alicyclic amines) is 1. The first-order valence-electron chi connectivity index (χ1n) is 8.80. The van der Waals surface area contributed by atoms with E-state index in [9.17, 15) is 9.90 Å². The number of rotatable bonds is 8. The minimum atomic E-state index is -0.444. The molecule has 0 bridgehead atoms. The van der Waals surface area contributed by atoms with Gasteiger partial charge in [0.25, 0.3) is 0 Å². The summed E-state index contributed by atoms with van der Waals surface area (Å²) in [6.45, 7) is 2.98. The Bertz CT molecular complexity index is 708. The molecular formula is C19H24N4O3. The van der Waals surface area contributed by atoms with E-state index in [-0.39, 0.29) is 12.0 Å². The molecule has 0 radical (unpaired) electrons. The van der Waals surface area contributed by atoms with Gasteiger partial charge in [-0.05, 0) is 37.1 Å². The SMILES string of the molecule is NC(=O)c1ccc(OCCCN2C[C@@H](Cc3cnccn3)[C@H](O)C2)cc1. The number of β-amino-alcohol motifs (C(OH)–C–C–N with tert-alkyl or cyclic N) is 1. The van der Waals surface area contributed by atoms with E-state index in [4.69, 9.17) is 10.5 Å². The largest absolute Gasteiger partial charge is 0.494 e. The highest BCUT2D eigenvalue weighted by atomic mass is 16.5. The summed E-state index contributed by atoms with van der Waals surface area (Å²) in [6, 6.07) is 6.81. The molecule has 1 aromatic heterocycles. The molecular weight excluding hydrogens is 332 g/mol. The molecule has 7 heteroatoms. The molecule has 2 aromatic rings. The highest BCUT2D eigenvalue weighted by molar-refractivity contribution is 5.92. The van der Waals surface area contributed by atoms with E-state index in [1.165, 1.54) is 0 Å². The van der Waals surface area contributed by atoms with Crippen molar-refractivity contribution in [3.63, 3.8) is 0 Å². The van der Waals surface area contributed by atoms with Crippen molar-refractivity contribution in [3.05, 3.63) is 54.1 Å². The fourth-order valence-corrected chi connectivity index (χ4v) is 3.22. The van der Waals surface area contributed by atoms with Gasteiger partial charge in [0, 0.05) is 49.7 Å². The van der Waals surface area contributed by atoms with E-state index in [2.05, 4.69) is 14.9 Å². The number of aliphatic hydroxyl groups excluding tert-OH is 1. The van der Waals surface area contributed by atoms with Gasteiger partial charge in [-0.1, -0.05) is 0 Å². The molecule has 0 saturated carbocycles. The van der Waals surface area contributed by atoms with Gasteiger partial charge in [0.15, 0.2) is 0 Å². The van der Waals surface area contributed by atoms with Gasteiger partial charge in [-0.2, -0.15) is 0 Å². The number of nitrogens with zero attached hydrogens (tertiary/aromatic N) is 3. The van der Waals surface area contributed by atoms with Crippen LogP contribution in [0, 0.1) is 5.92 Å². The molecule has 2 atom stereocenters. The Morgan fingerprint density at radius 3 is 2.77 bits per heavy atom. The molecule has 1 fully saturated rings. The van der Waals surface area contributed by atoms with Gasteiger partial charge in [0.1, 0.15) is 5.75 Å². The van der Waals surface area contributed by atoms with Crippen LogP contribution in [0.3, 0.4) is 0 Å². The molecule has 26 heavy (non-hydrogen) atoms. The summed E-state index contributed by atoms with van der Waals surface area (Å²) in [7, 11) is 0. The first-order valence-corrected chi connectivity index (χ1v) is 8.80. The van der Waals surface area contributed by atoms with Gasteiger partial charge in [0.2, 0.25) is 5.91 Å². The van der Waals surface area contributed by atoms with Crippen LogP contribution in [0.15, 0.2) is 42.9 Å². The molecule has 0 spiro atoms. The van der Waals surface area contributed by atoms with Gasteiger partial charge in [-0.15, -0.1) is 0 Å². The summed E-state index contributed by atoms with van der Waals surface area (Å²) in [6.07, 6.45) is 6.37. The number of carbonyl (C=O) groups is 1. The molecule has 1 aliphatic rings. The van der Waals surface area contributed by atoms with Crippen LogP contribution in [0.25, 0.3) is 0 Å². The van der Waals surface area contributed by atoms with Crippen molar-refractivity contribution in [3.8, 4) is 5.75 Å². The van der Waals surface area contributed by atoms with Crippen LogP contribution in [0.1, 0.15) is 22.5 Å². The Balaban J connectivity index is 1.38. The number of aliphatic hydroxyl groups is 1. The predicted molar refractivity (Wildman–Crippen MR) is 96.7 cm³/mol. The number of ether oxygens (including phenoxy) is 1. The molecule has 0 aliphatic carbocycles. The first kappa shape index (κ1) is 18.3. The maximum atomic E-state index is 11.0. The number of nitrogens with two attached hydrogens (primary N) is 1. The second kappa shape index (κ2) is 8.73. The summed E-state index contributed by atoms with van der Waals surface area (Å²) in [5.74, 6) is 0.464. The highest BCUT2D eigenvalue weighted by Gasteiger charge is 2.31. The van der Waals surface area contributed by atoms with Crippen molar-refractivity contribution in [2.24, 2.45) is 11.7 Å². The third kappa shape index (κ3) is 5.00. The molecule has 3 N–H and O–H groups in total. The standard InChI is InChI=1S/C19H24N4O3/c20-19(25)14-2-4-17(5-3-14)26-9-1-8-23-12-15(18(24)13-23)10-16-11-21-6-7-22-16/h2-7,11,15,18,24H,1,8-10,12-13H2,(H2,20,25)/t15-,18-/m1/s1. The number of aromatic nitrogens is 2. The fraction of sp³-hybridized carbons (Fsp3) is 0.421. The second-order valence-corrected chi connectivity index (χ2v) is 6.58. The third-order valence-corrected chi connectivity index (χ3v) is 4.60. The maximum absolute atomic E-state index is 11.0. The zero-order chi connectivity index (χ0) is 18.4. The number of benzene rings is 1. The molecule has 138 valence electrons. The van der Waals surface area contributed by atoms with Gasteiger partial charge >= 0.3 is 0 Å². The maximum Gasteiger partial charge on any atom is 0.248 e. The number of hydrogen-bond acceptors (Lipinski definition) is 6. The lowest BCUT2D eigenvalue weighted by Gasteiger charge is -2.15. The first-order chi connectivity index (χ1) is 12.6. The number of hydrogen-bond donors (Lipinski definition) is 2. The Hall–Kier alpha value is -2.51. The van der Waals surface area contributed by atoms with E-state index in [0.29, 0.717) is 18.7 Å². The number of amides is 1. The van der Waals surface area contributed by atoms with Crippen LogP contribution in [0.2, 0.25) is 0 Å². The van der Waals surface area contributed by atoms with Crippen LogP contribution < -0.4 is 10.5 Å². The van der Waals surface area contributed by atoms with Crippen molar-refractivity contribution in [2.45, 2.75) is 18.9 Å². The Labute approximate surface area is 152 Å². The van der Waals surface area contributed by atoms with E-state index in [1.807, 2.05) is 0 Å². The minimum Gasteiger partial charge on any atom is -0.494 e. The Morgan fingerprint density at radius 2 is 2.08 bits per heavy atom. The average molecular weight is 356 g/mol. The second-order valence-electron chi connectivity index (χ2n) is 6.58. The Morgan fingerprint density at radius 1 is 1.27 bits per heavy atom. The van der Waals surface area contributed by atoms with Crippen LogP contribution in [-0.4, -0.2) is 58.2 Å². The third-order valence-electron chi connectivity index (χ3n) is 4.60. The van der Waals surface area contributed by atoms with Crippen molar-refractivity contribution >= 4 is 5.91 Å². The van der Waals surface area contributed by atoms with E-state index < -0.39 is 5.91 Å². The van der Waals surface area contributed by atoms with Gasteiger partial charge in [-0.3, -0.25) is 14.8 Å². The molecule has 0 unspecified atom stereocenters. The smallest absolute Gasteiger partial charge is 0.248 e. The lowest BCUT2D eigenvalue weighted by molar-refractivity contribution is 0.1000. The minimum absolute atomic E-state index is 0.189. The number of carbonyl (C=O) groups excluding carboxylic acids is 1. The molecule has 3 rings (SSSR count). The molecule has 1 aliphatic heterocycles. The zero-order valence-electron chi connectivity index (χ0n) is 14.6.